The van der Waals surface area contributed by atoms with Gasteiger partial charge in [-0.1, -0.05) is 12.1 Å². The van der Waals surface area contributed by atoms with Crippen molar-refractivity contribution in [1.82, 2.24) is 0 Å². The maximum absolute atomic E-state index is 13.0. The van der Waals surface area contributed by atoms with E-state index in [0.29, 0.717) is 11.4 Å². The van der Waals surface area contributed by atoms with Crippen molar-refractivity contribution in [3.05, 3.63) is 54.3 Å². The number of rotatable bonds is 4. The summed E-state index contributed by atoms with van der Waals surface area (Å²) in [5, 5.41) is 0. The van der Waals surface area contributed by atoms with Crippen LogP contribution in [0.15, 0.2) is 48.5 Å². The lowest BCUT2D eigenvalue weighted by Gasteiger charge is -2.14. The molecule has 0 aromatic heterocycles. The summed E-state index contributed by atoms with van der Waals surface area (Å²) in [6.07, 6.45) is -0.833. The smallest absolute Gasteiger partial charge is 0.352 e. The van der Waals surface area contributed by atoms with Crippen LogP contribution in [0.3, 0.4) is 0 Å². The maximum Gasteiger partial charge on any atom is 0.352 e. The number of hydrogen-bond donors (Lipinski definition) is 1. The molecule has 0 aliphatic carbocycles. The molecule has 0 saturated carbocycles. The van der Waals surface area contributed by atoms with Crippen LogP contribution in [0.5, 0.6) is 11.5 Å². The molecule has 1 atom stereocenters. The van der Waals surface area contributed by atoms with Gasteiger partial charge in [0.1, 0.15) is 17.3 Å². The lowest BCUT2D eigenvalue weighted by Crippen LogP contribution is -2.28. The number of hydrogen-bond acceptors (Lipinski definition) is 4. The molecule has 0 spiro atoms. The van der Waals surface area contributed by atoms with Gasteiger partial charge in [0.05, 0.1) is 0 Å². The molecule has 0 radical (unpaired) electrons. The first kappa shape index (κ1) is 13.9. The molecule has 0 saturated heterocycles. The van der Waals surface area contributed by atoms with Crippen molar-refractivity contribution in [2.75, 3.05) is 5.73 Å². The fraction of sp³-hybridized carbons (Fsp3) is 0.133. The summed E-state index contributed by atoms with van der Waals surface area (Å²) in [4.78, 5) is 11.8. The number of nitrogens with two attached hydrogens (primary N) is 1. The van der Waals surface area contributed by atoms with Gasteiger partial charge in [0, 0.05) is 17.8 Å². The summed E-state index contributed by atoms with van der Waals surface area (Å²) >= 11 is 0. The zero-order valence-electron chi connectivity index (χ0n) is 10.9. The van der Waals surface area contributed by atoms with Crippen LogP contribution < -0.4 is 15.2 Å². The first-order chi connectivity index (χ1) is 9.54. The highest BCUT2D eigenvalue weighted by atomic mass is 19.1. The monoisotopic (exact) mass is 275 g/mol. The van der Waals surface area contributed by atoms with Crippen molar-refractivity contribution >= 4 is 11.7 Å². The van der Waals surface area contributed by atoms with Crippen molar-refractivity contribution in [2.24, 2.45) is 0 Å². The standard InChI is InChI=1S/C15H14FNO3/c1-10(19-14-7-3-5-12(17)9-14)15(18)20-13-6-2-4-11(16)8-13/h2-10H,17H2,1H3. The summed E-state index contributed by atoms with van der Waals surface area (Å²) < 4.78 is 23.4. The Hall–Kier alpha value is -2.56. The number of esters is 1. The minimum absolute atomic E-state index is 0.137. The van der Waals surface area contributed by atoms with Gasteiger partial charge in [-0.3, -0.25) is 0 Å². The zero-order valence-corrected chi connectivity index (χ0v) is 10.9. The van der Waals surface area contributed by atoms with Crippen LogP contribution >= 0.6 is 0 Å². The van der Waals surface area contributed by atoms with Gasteiger partial charge in [0.15, 0.2) is 6.10 Å². The summed E-state index contributed by atoms with van der Waals surface area (Å²) in [7, 11) is 0. The number of anilines is 1. The molecule has 0 aliphatic rings. The summed E-state index contributed by atoms with van der Waals surface area (Å²) in [6.45, 7) is 1.55. The molecule has 0 heterocycles. The Bertz CT molecular complexity index is 616. The zero-order chi connectivity index (χ0) is 14.5. The van der Waals surface area contributed by atoms with Gasteiger partial charge in [-0.05, 0) is 31.2 Å². The number of ether oxygens (including phenoxy) is 2. The van der Waals surface area contributed by atoms with E-state index >= 15 is 0 Å². The number of halogens is 1. The number of carbonyl (C=O) groups is 1. The number of benzene rings is 2. The maximum atomic E-state index is 13.0. The van der Waals surface area contributed by atoms with Crippen LogP contribution in [0, 0.1) is 5.82 Å². The van der Waals surface area contributed by atoms with Crippen LogP contribution in [0.1, 0.15) is 6.92 Å². The molecule has 0 fully saturated rings. The van der Waals surface area contributed by atoms with Crippen LogP contribution in [0.2, 0.25) is 0 Å². The predicted molar refractivity (Wildman–Crippen MR) is 73.0 cm³/mol. The molecule has 5 heteroatoms. The van der Waals surface area contributed by atoms with Gasteiger partial charge in [0.25, 0.3) is 0 Å². The Morgan fingerprint density at radius 2 is 1.85 bits per heavy atom. The topological polar surface area (TPSA) is 61.5 Å². The van der Waals surface area contributed by atoms with E-state index in [-0.39, 0.29) is 5.75 Å². The van der Waals surface area contributed by atoms with Crippen molar-refractivity contribution in [1.29, 1.82) is 0 Å². The average molecular weight is 275 g/mol. The highest BCUT2D eigenvalue weighted by Crippen LogP contribution is 2.17. The SMILES string of the molecule is CC(Oc1cccc(N)c1)C(=O)Oc1cccc(F)c1. The van der Waals surface area contributed by atoms with Crippen molar-refractivity contribution in [2.45, 2.75) is 13.0 Å². The van der Waals surface area contributed by atoms with E-state index in [9.17, 15) is 9.18 Å². The summed E-state index contributed by atoms with van der Waals surface area (Å²) in [5.74, 6) is -0.482. The molecule has 2 rings (SSSR count). The van der Waals surface area contributed by atoms with Crippen LogP contribution in [-0.4, -0.2) is 12.1 Å². The Labute approximate surface area is 115 Å². The molecule has 0 amide bonds. The van der Waals surface area contributed by atoms with Gasteiger partial charge in [-0.2, -0.15) is 0 Å². The fourth-order valence-electron chi connectivity index (χ4n) is 1.57. The van der Waals surface area contributed by atoms with Crippen molar-refractivity contribution < 1.29 is 18.7 Å². The third-order valence-electron chi connectivity index (χ3n) is 2.52. The van der Waals surface area contributed by atoms with Crippen LogP contribution in [0.25, 0.3) is 0 Å². The predicted octanol–water partition coefficient (Wildman–Crippen LogP) is 2.78. The number of nitrogen functional groups attached to an aromatic ring is 1. The van der Waals surface area contributed by atoms with E-state index in [0.717, 1.165) is 6.07 Å². The van der Waals surface area contributed by atoms with Gasteiger partial charge in [-0.25, -0.2) is 9.18 Å². The Morgan fingerprint density at radius 3 is 2.55 bits per heavy atom. The molecule has 2 aromatic carbocycles. The second kappa shape index (κ2) is 6.06. The van der Waals surface area contributed by atoms with Gasteiger partial charge < -0.3 is 15.2 Å². The lowest BCUT2D eigenvalue weighted by atomic mass is 10.3. The van der Waals surface area contributed by atoms with E-state index < -0.39 is 17.9 Å². The van der Waals surface area contributed by atoms with E-state index in [2.05, 4.69) is 0 Å². The molecule has 4 nitrogen and oxygen atoms in total. The third-order valence-corrected chi connectivity index (χ3v) is 2.52. The van der Waals surface area contributed by atoms with E-state index in [1.165, 1.54) is 18.2 Å². The Morgan fingerprint density at radius 1 is 1.15 bits per heavy atom. The van der Waals surface area contributed by atoms with Gasteiger partial charge in [0.2, 0.25) is 0 Å². The van der Waals surface area contributed by atoms with Gasteiger partial charge in [-0.15, -0.1) is 0 Å². The average Bonchev–Trinajstić information content (AvgIpc) is 2.38. The molecule has 1 unspecified atom stereocenters. The lowest BCUT2D eigenvalue weighted by molar-refractivity contribution is -0.141. The fourth-order valence-corrected chi connectivity index (χ4v) is 1.57. The van der Waals surface area contributed by atoms with Gasteiger partial charge >= 0.3 is 5.97 Å². The van der Waals surface area contributed by atoms with Crippen molar-refractivity contribution in [3.63, 3.8) is 0 Å². The molecule has 0 aliphatic heterocycles. The molecular formula is C15H14FNO3. The second-order valence-electron chi connectivity index (χ2n) is 4.21. The largest absolute Gasteiger partial charge is 0.479 e. The quantitative estimate of drug-likeness (QED) is 0.529. The number of carbonyl (C=O) groups excluding carboxylic acids is 1. The van der Waals surface area contributed by atoms with Crippen LogP contribution in [-0.2, 0) is 4.79 Å². The van der Waals surface area contributed by atoms with E-state index in [1.807, 2.05) is 0 Å². The van der Waals surface area contributed by atoms with Crippen LogP contribution in [0.4, 0.5) is 10.1 Å². The third kappa shape index (κ3) is 3.71. The Balaban J connectivity index is 1.98. The molecule has 20 heavy (non-hydrogen) atoms. The molecular weight excluding hydrogens is 261 g/mol. The molecule has 0 bridgehead atoms. The molecule has 2 aromatic rings. The molecule has 2 N–H and O–H groups in total. The highest BCUT2D eigenvalue weighted by molar-refractivity contribution is 5.77. The summed E-state index contributed by atoms with van der Waals surface area (Å²) in [5.41, 5.74) is 6.15. The Kier molecular flexibility index (Phi) is 4.20. The first-order valence-corrected chi connectivity index (χ1v) is 6.04. The highest BCUT2D eigenvalue weighted by Gasteiger charge is 2.17. The normalized spacial score (nSPS) is 11.7. The van der Waals surface area contributed by atoms with E-state index in [4.69, 9.17) is 15.2 Å². The minimum atomic E-state index is -0.833. The van der Waals surface area contributed by atoms with E-state index in [1.54, 1.807) is 31.2 Å². The molecule has 104 valence electrons. The summed E-state index contributed by atoms with van der Waals surface area (Å²) in [6, 6.07) is 12.1. The van der Waals surface area contributed by atoms with Crippen molar-refractivity contribution in [3.8, 4) is 11.5 Å². The first-order valence-electron chi connectivity index (χ1n) is 6.04. The minimum Gasteiger partial charge on any atom is -0.479 e. The second-order valence-corrected chi connectivity index (χ2v) is 4.21.